The summed E-state index contributed by atoms with van der Waals surface area (Å²) < 4.78 is 13.3. The van der Waals surface area contributed by atoms with Gasteiger partial charge in [0.05, 0.1) is 0 Å². The summed E-state index contributed by atoms with van der Waals surface area (Å²) in [6.45, 7) is 2.55. The SMILES string of the molecule is CC(CC(=O)N1CCCc2cc[nH]c(=O)c21)Cc1cccc(F)c1. The minimum Gasteiger partial charge on any atom is -0.327 e. The largest absolute Gasteiger partial charge is 0.327 e. The second kappa shape index (κ2) is 6.99. The molecule has 1 amide bonds. The van der Waals surface area contributed by atoms with Crippen molar-refractivity contribution in [2.24, 2.45) is 5.92 Å². The van der Waals surface area contributed by atoms with Gasteiger partial charge in [-0.3, -0.25) is 9.59 Å². The molecule has 4 nitrogen and oxygen atoms in total. The first-order chi connectivity index (χ1) is 11.5. The van der Waals surface area contributed by atoms with Gasteiger partial charge in [-0.1, -0.05) is 19.1 Å². The van der Waals surface area contributed by atoms with Crippen LogP contribution in [0.1, 0.15) is 30.9 Å². The second-order valence-corrected chi connectivity index (χ2v) is 6.47. The number of H-pyrrole nitrogens is 1. The van der Waals surface area contributed by atoms with Crippen LogP contribution in [0.2, 0.25) is 0 Å². The summed E-state index contributed by atoms with van der Waals surface area (Å²) in [5, 5.41) is 0. The highest BCUT2D eigenvalue weighted by atomic mass is 19.1. The minimum absolute atomic E-state index is 0.0449. The van der Waals surface area contributed by atoms with Crippen LogP contribution in [0, 0.1) is 11.7 Å². The lowest BCUT2D eigenvalue weighted by molar-refractivity contribution is -0.119. The zero-order valence-corrected chi connectivity index (χ0v) is 13.7. The molecule has 0 aliphatic carbocycles. The van der Waals surface area contributed by atoms with Gasteiger partial charge in [0, 0.05) is 19.2 Å². The van der Waals surface area contributed by atoms with Crippen LogP contribution in [0.5, 0.6) is 0 Å². The number of hydrogen-bond acceptors (Lipinski definition) is 2. The van der Waals surface area contributed by atoms with E-state index in [-0.39, 0.29) is 23.2 Å². The predicted molar refractivity (Wildman–Crippen MR) is 91.6 cm³/mol. The van der Waals surface area contributed by atoms with Crippen LogP contribution < -0.4 is 10.5 Å². The van der Waals surface area contributed by atoms with Crippen LogP contribution in [0.3, 0.4) is 0 Å². The molecule has 0 fully saturated rings. The Morgan fingerprint density at radius 2 is 2.21 bits per heavy atom. The van der Waals surface area contributed by atoms with E-state index in [0.29, 0.717) is 25.1 Å². The first-order valence-electron chi connectivity index (χ1n) is 8.30. The van der Waals surface area contributed by atoms with Crippen LogP contribution in [0.4, 0.5) is 10.1 Å². The zero-order valence-electron chi connectivity index (χ0n) is 13.7. The normalized spacial score (nSPS) is 15.0. The van der Waals surface area contributed by atoms with Gasteiger partial charge in [-0.25, -0.2) is 4.39 Å². The molecule has 2 aromatic rings. The fourth-order valence-electron chi connectivity index (χ4n) is 3.34. The molecule has 1 aromatic heterocycles. The summed E-state index contributed by atoms with van der Waals surface area (Å²) in [6, 6.07) is 8.33. The molecule has 0 saturated heterocycles. The maximum Gasteiger partial charge on any atom is 0.272 e. The van der Waals surface area contributed by atoms with Gasteiger partial charge in [0.25, 0.3) is 5.56 Å². The number of carbonyl (C=O) groups is 1. The fourth-order valence-corrected chi connectivity index (χ4v) is 3.34. The van der Waals surface area contributed by atoms with Gasteiger partial charge >= 0.3 is 0 Å². The molecule has 1 aromatic carbocycles. The number of nitrogens with one attached hydrogen (secondary N) is 1. The molecule has 0 spiro atoms. The molecule has 24 heavy (non-hydrogen) atoms. The highest BCUT2D eigenvalue weighted by Crippen LogP contribution is 2.24. The van der Waals surface area contributed by atoms with E-state index >= 15 is 0 Å². The van der Waals surface area contributed by atoms with Crippen molar-refractivity contribution in [3.63, 3.8) is 0 Å². The Morgan fingerprint density at radius 3 is 3.00 bits per heavy atom. The van der Waals surface area contributed by atoms with Crippen LogP contribution in [0.15, 0.2) is 41.3 Å². The number of aromatic nitrogens is 1. The van der Waals surface area contributed by atoms with Crippen molar-refractivity contribution in [3.8, 4) is 0 Å². The van der Waals surface area contributed by atoms with Gasteiger partial charge < -0.3 is 9.88 Å². The summed E-state index contributed by atoms with van der Waals surface area (Å²) >= 11 is 0. The van der Waals surface area contributed by atoms with Gasteiger partial charge in [-0.05, 0) is 54.5 Å². The van der Waals surface area contributed by atoms with Crippen molar-refractivity contribution >= 4 is 11.6 Å². The molecule has 1 N–H and O–H groups in total. The standard InChI is InChI=1S/C19H21FN2O2/c1-13(10-14-4-2-6-16(20)12-14)11-17(23)22-9-3-5-15-7-8-21-19(24)18(15)22/h2,4,6-8,12-13H,3,5,9-11H2,1H3,(H,21,24). The molecular formula is C19H21FN2O2. The van der Waals surface area contributed by atoms with Crippen LogP contribution >= 0.6 is 0 Å². The molecule has 3 rings (SSSR count). The number of rotatable bonds is 4. The first kappa shape index (κ1) is 16.4. The number of benzene rings is 1. The molecule has 0 saturated carbocycles. The van der Waals surface area contributed by atoms with E-state index in [2.05, 4.69) is 4.98 Å². The Kier molecular flexibility index (Phi) is 4.79. The Labute approximate surface area is 140 Å². The summed E-state index contributed by atoms with van der Waals surface area (Å²) in [4.78, 5) is 29.0. The highest BCUT2D eigenvalue weighted by molar-refractivity contribution is 5.94. The maximum absolute atomic E-state index is 13.3. The monoisotopic (exact) mass is 328 g/mol. The maximum atomic E-state index is 13.3. The Hall–Kier alpha value is -2.43. The number of anilines is 1. The van der Waals surface area contributed by atoms with Crippen molar-refractivity contribution in [1.82, 2.24) is 4.98 Å². The van der Waals surface area contributed by atoms with Crippen LogP contribution in [-0.2, 0) is 17.6 Å². The third kappa shape index (κ3) is 3.55. The number of nitrogens with zero attached hydrogens (tertiary/aromatic N) is 1. The van der Waals surface area contributed by atoms with Gasteiger partial charge in [0.15, 0.2) is 0 Å². The number of amides is 1. The van der Waals surface area contributed by atoms with Crippen molar-refractivity contribution in [2.75, 3.05) is 11.4 Å². The average Bonchev–Trinajstić information content (AvgIpc) is 2.54. The Balaban J connectivity index is 1.71. The zero-order chi connectivity index (χ0) is 17.1. The first-order valence-corrected chi connectivity index (χ1v) is 8.30. The molecule has 1 aliphatic rings. The lowest BCUT2D eigenvalue weighted by atomic mass is 9.96. The number of carbonyl (C=O) groups excluding carboxylic acids is 1. The Bertz CT molecular complexity index is 800. The van der Waals surface area contributed by atoms with Crippen molar-refractivity contribution < 1.29 is 9.18 Å². The van der Waals surface area contributed by atoms with E-state index < -0.39 is 0 Å². The fraction of sp³-hybridized carbons (Fsp3) is 0.368. The van der Waals surface area contributed by atoms with Gasteiger partial charge in [-0.15, -0.1) is 0 Å². The molecular weight excluding hydrogens is 307 g/mol. The quantitative estimate of drug-likeness (QED) is 0.938. The van der Waals surface area contributed by atoms with Crippen molar-refractivity contribution in [3.05, 3.63) is 63.8 Å². The molecule has 126 valence electrons. The molecule has 1 atom stereocenters. The highest BCUT2D eigenvalue weighted by Gasteiger charge is 2.26. The Morgan fingerprint density at radius 1 is 1.38 bits per heavy atom. The average molecular weight is 328 g/mol. The number of fused-ring (bicyclic) bond motifs is 1. The summed E-state index contributed by atoms with van der Waals surface area (Å²) in [6.07, 6.45) is 4.28. The van der Waals surface area contributed by atoms with Gasteiger partial charge in [-0.2, -0.15) is 0 Å². The molecule has 1 aliphatic heterocycles. The number of halogens is 1. The number of hydrogen-bond donors (Lipinski definition) is 1. The minimum atomic E-state index is -0.262. The second-order valence-electron chi connectivity index (χ2n) is 6.47. The lowest BCUT2D eigenvalue weighted by Crippen LogP contribution is -2.40. The van der Waals surface area contributed by atoms with Crippen molar-refractivity contribution in [2.45, 2.75) is 32.6 Å². The molecule has 0 bridgehead atoms. The summed E-state index contributed by atoms with van der Waals surface area (Å²) in [5.74, 6) is -0.230. The predicted octanol–water partition coefficient (Wildman–Crippen LogP) is 3.06. The molecule has 1 unspecified atom stereocenters. The molecule has 2 heterocycles. The van der Waals surface area contributed by atoms with Crippen LogP contribution in [-0.4, -0.2) is 17.4 Å². The van der Waals surface area contributed by atoms with Gasteiger partial charge in [0.2, 0.25) is 5.91 Å². The van der Waals surface area contributed by atoms with E-state index in [1.165, 1.54) is 12.1 Å². The third-order valence-corrected chi connectivity index (χ3v) is 4.41. The van der Waals surface area contributed by atoms with E-state index in [1.54, 1.807) is 17.2 Å². The number of aryl methyl sites for hydroxylation is 1. The molecule has 0 radical (unpaired) electrons. The van der Waals surface area contributed by atoms with Crippen LogP contribution in [0.25, 0.3) is 0 Å². The smallest absolute Gasteiger partial charge is 0.272 e. The van der Waals surface area contributed by atoms with E-state index in [0.717, 1.165) is 24.0 Å². The van der Waals surface area contributed by atoms with Crippen molar-refractivity contribution in [1.29, 1.82) is 0 Å². The number of aromatic amines is 1. The van der Waals surface area contributed by atoms with E-state index in [9.17, 15) is 14.0 Å². The summed E-state index contributed by atoms with van der Waals surface area (Å²) in [7, 11) is 0. The lowest BCUT2D eigenvalue weighted by Gasteiger charge is -2.29. The third-order valence-electron chi connectivity index (χ3n) is 4.41. The van der Waals surface area contributed by atoms with E-state index in [1.807, 2.05) is 19.1 Å². The van der Waals surface area contributed by atoms with E-state index in [4.69, 9.17) is 0 Å². The molecule has 5 heteroatoms. The topological polar surface area (TPSA) is 53.2 Å². The number of pyridine rings is 1. The van der Waals surface area contributed by atoms with Gasteiger partial charge in [0.1, 0.15) is 11.5 Å². The summed E-state index contributed by atoms with van der Waals surface area (Å²) in [5.41, 5.74) is 2.09.